The molecule has 7 heteroatoms. The van der Waals surface area contributed by atoms with E-state index < -0.39 is 0 Å². The maximum absolute atomic E-state index is 6.05. The van der Waals surface area contributed by atoms with Crippen molar-refractivity contribution in [1.82, 2.24) is 14.9 Å². The van der Waals surface area contributed by atoms with Crippen LogP contribution in [0.15, 0.2) is 24.3 Å². The number of aromatic nitrogens is 2. The minimum Gasteiger partial charge on any atom is -0.490 e. The molecule has 1 aromatic carbocycles. The maximum Gasteiger partial charge on any atom is 0.229 e. The van der Waals surface area contributed by atoms with Crippen LogP contribution in [0.2, 0.25) is 0 Å². The molecule has 0 spiro atoms. The third kappa shape index (κ3) is 5.73. The van der Waals surface area contributed by atoms with E-state index in [-0.39, 0.29) is 0 Å². The molecule has 0 atom stereocenters. The van der Waals surface area contributed by atoms with Gasteiger partial charge in [0.2, 0.25) is 5.95 Å². The highest BCUT2D eigenvalue weighted by Crippen LogP contribution is 2.31. The SMILES string of the molecule is CCOc1ccc(Nc2nc(C)cc(NC)n2)cc1OCCCN1CCCC1. The Hall–Kier alpha value is -2.54. The number of rotatable bonds is 10. The van der Waals surface area contributed by atoms with Crippen LogP contribution in [0.1, 0.15) is 31.9 Å². The number of ether oxygens (including phenoxy) is 2. The van der Waals surface area contributed by atoms with Crippen LogP contribution in [0.4, 0.5) is 17.5 Å². The number of aryl methyl sites for hydroxylation is 1. The second kappa shape index (κ2) is 10.1. The van der Waals surface area contributed by atoms with Crippen LogP contribution in [0.5, 0.6) is 11.5 Å². The third-order valence-corrected chi connectivity index (χ3v) is 4.68. The first kappa shape index (κ1) is 20.2. The number of hydrogen-bond donors (Lipinski definition) is 2. The van der Waals surface area contributed by atoms with Gasteiger partial charge in [-0.2, -0.15) is 4.98 Å². The van der Waals surface area contributed by atoms with Crippen LogP contribution < -0.4 is 20.1 Å². The van der Waals surface area contributed by atoms with Gasteiger partial charge >= 0.3 is 0 Å². The lowest BCUT2D eigenvalue weighted by atomic mass is 10.2. The zero-order valence-electron chi connectivity index (χ0n) is 17.1. The zero-order chi connectivity index (χ0) is 19.8. The predicted octanol–water partition coefficient (Wildman–Crippen LogP) is 3.83. The molecule has 2 heterocycles. The summed E-state index contributed by atoms with van der Waals surface area (Å²) in [4.78, 5) is 11.4. The minimum atomic E-state index is 0.550. The van der Waals surface area contributed by atoms with E-state index in [9.17, 15) is 0 Å². The van der Waals surface area contributed by atoms with Crippen molar-refractivity contribution in [3.8, 4) is 11.5 Å². The number of likely N-dealkylation sites (tertiary alicyclic amines) is 1. The molecule has 1 fully saturated rings. The molecule has 1 saturated heterocycles. The lowest BCUT2D eigenvalue weighted by Crippen LogP contribution is -2.22. The lowest BCUT2D eigenvalue weighted by molar-refractivity contribution is 0.248. The summed E-state index contributed by atoms with van der Waals surface area (Å²) in [6.07, 6.45) is 3.65. The fourth-order valence-electron chi connectivity index (χ4n) is 3.33. The van der Waals surface area contributed by atoms with Crippen LogP contribution in [0, 0.1) is 6.92 Å². The van der Waals surface area contributed by atoms with Crippen LogP contribution in [-0.2, 0) is 0 Å². The zero-order valence-corrected chi connectivity index (χ0v) is 17.1. The summed E-state index contributed by atoms with van der Waals surface area (Å²) in [7, 11) is 1.84. The Labute approximate surface area is 167 Å². The van der Waals surface area contributed by atoms with Gasteiger partial charge in [0.15, 0.2) is 11.5 Å². The number of nitrogens with one attached hydrogen (secondary N) is 2. The Morgan fingerprint density at radius 2 is 1.89 bits per heavy atom. The number of anilines is 3. The van der Waals surface area contributed by atoms with Crippen molar-refractivity contribution < 1.29 is 9.47 Å². The van der Waals surface area contributed by atoms with Gasteiger partial charge in [-0.1, -0.05) is 0 Å². The van der Waals surface area contributed by atoms with E-state index >= 15 is 0 Å². The van der Waals surface area contributed by atoms with Gasteiger partial charge in [-0.3, -0.25) is 0 Å². The molecular weight excluding hydrogens is 354 g/mol. The molecule has 152 valence electrons. The quantitative estimate of drug-likeness (QED) is 0.602. The average molecular weight is 386 g/mol. The molecule has 0 unspecified atom stereocenters. The fourth-order valence-corrected chi connectivity index (χ4v) is 3.33. The Kier molecular flexibility index (Phi) is 7.31. The highest BCUT2D eigenvalue weighted by Gasteiger charge is 2.12. The first-order chi connectivity index (χ1) is 13.7. The second-order valence-electron chi connectivity index (χ2n) is 6.94. The van der Waals surface area contributed by atoms with E-state index in [0.29, 0.717) is 19.2 Å². The average Bonchev–Trinajstić information content (AvgIpc) is 3.20. The van der Waals surface area contributed by atoms with E-state index in [4.69, 9.17) is 9.47 Å². The Morgan fingerprint density at radius 1 is 1.07 bits per heavy atom. The Balaban J connectivity index is 1.65. The van der Waals surface area contributed by atoms with Crippen molar-refractivity contribution >= 4 is 17.5 Å². The lowest BCUT2D eigenvalue weighted by Gasteiger charge is -2.16. The van der Waals surface area contributed by atoms with Gasteiger partial charge in [-0.15, -0.1) is 0 Å². The molecule has 3 rings (SSSR count). The molecule has 28 heavy (non-hydrogen) atoms. The summed E-state index contributed by atoms with van der Waals surface area (Å²) in [6, 6.07) is 7.73. The van der Waals surface area contributed by atoms with Gasteiger partial charge in [0.05, 0.1) is 13.2 Å². The Morgan fingerprint density at radius 3 is 2.64 bits per heavy atom. The largest absolute Gasteiger partial charge is 0.490 e. The second-order valence-corrected chi connectivity index (χ2v) is 6.94. The van der Waals surface area contributed by atoms with Crippen LogP contribution >= 0.6 is 0 Å². The first-order valence-corrected chi connectivity index (χ1v) is 10.1. The van der Waals surface area contributed by atoms with E-state index in [1.54, 1.807) is 0 Å². The molecule has 0 radical (unpaired) electrons. The van der Waals surface area contributed by atoms with Gasteiger partial charge in [0.25, 0.3) is 0 Å². The fraction of sp³-hybridized carbons (Fsp3) is 0.524. The summed E-state index contributed by atoms with van der Waals surface area (Å²) in [5.41, 5.74) is 1.76. The predicted molar refractivity (Wildman–Crippen MR) is 113 cm³/mol. The van der Waals surface area contributed by atoms with Crippen LogP contribution in [0.3, 0.4) is 0 Å². The molecule has 7 nitrogen and oxygen atoms in total. The highest BCUT2D eigenvalue weighted by molar-refractivity contribution is 5.60. The molecule has 0 amide bonds. The smallest absolute Gasteiger partial charge is 0.229 e. The first-order valence-electron chi connectivity index (χ1n) is 10.1. The molecule has 2 N–H and O–H groups in total. The molecule has 0 saturated carbocycles. The molecule has 2 aromatic rings. The van der Waals surface area contributed by atoms with E-state index in [1.165, 1.54) is 25.9 Å². The molecule has 0 bridgehead atoms. The normalized spacial score (nSPS) is 14.1. The number of nitrogens with zero attached hydrogens (tertiary/aromatic N) is 3. The summed E-state index contributed by atoms with van der Waals surface area (Å²) in [6.45, 7) is 8.72. The van der Waals surface area contributed by atoms with Crippen molar-refractivity contribution in [3.05, 3.63) is 30.0 Å². The maximum atomic E-state index is 6.05. The molecule has 1 aliphatic rings. The third-order valence-electron chi connectivity index (χ3n) is 4.68. The highest BCUT2D eigenvalue weighted by atomic mass is 16.5. The molecule has 0 aliphatic carbocycles. The number of benzene rings is 1. The van der Waals surface area contributed by atoms with Gasteiger partial charge in [-0.25, -0.2) is 4.98 Å². The monoisotopic (exact) mass is 385 g/mol. The molecule has 1 aliphatic heterocycles. The summed E-state index contributed by atoms with van der Waals surface area (Å²) < 4.78 is 11.8. The van der Waals surface area contributed by atoms with E-state index in [2.05, 4.69) is 25.5 Å². The van der Waals surface area contributed by atoms with E-state index in [0.717, 1.165) is 41.7 Å². The van der Waals surface area contributed by atoms with Crippen molar-refractivity contribution in [2.24, 2.45) is 0 Å². The van der Waals surface area contributed by atoms with Crippen molar-refractivity contribution in [2.45, 2.75) is 33.1 Å². The van der Waals surface area contributed by atoms with Gasteiger partial charge < -0.3 is 25.0 Å². The van der Waals surface area contributed by atoms with Gasteiger partial charge in [0.1, 0.15) is 5.82 Å². The topological polar surface area (TPSA) is 71.5 Å². The van der Waals surface area contributed by atoms with Crippen molar-refractivity contribution in [1.29, 1.82) is 0 Å². The van der Waals surface area contributed by atoms with Crippen molar-refractivity contribution in [3.63, 3.8) is 0 Å². The van der Waals surface area contributed by atoms with Gasteiger partial charge in [0, 0.05) is 37.1 Å². The van der Waals surface area contributed by atoms with Gasteiger partial charge in [-0.05, 0) is 58.3 Å². The van der Waals surface area contributed by atoms with E-state index in [1.807, 2.05) is 45.2 Å². The Bertz CT molecular complexity index is 762. The standard InChI is InChI=1S/C21H31N5O2/c1-4-27-18-9-8-17(24-21-23-16(2)14-20(22-3)25-21)15-19(18)28-13-7-12-26-10-5-6-11-26/h8-9,14-15H,4-7,10-13H2,1-3H3,(H2,22,23,24,25). The molecular formula is C21H31N5O2. The summed E-state index contributed by atoms with van der Waals surface area (Å²) in [5.74, 6) is 2.83. The number of hydrogen-bond acceptors (Lipinski definition) is 7. The van der Waals surface area contributed by atoms with Crippen LogP contribution in [0.25, 0.3) is 0 Å². The summed E-state index contributed by atoms with van der Waals surface area (Å²) in [5, 5.41) is 6.31. The van der Waals surface area contributed by atoms with Crippen molar-refractivity contribution in [2.75, 3.05) is 50.5 Å². The summed E-state index contributed by atoms with van der Waals surface area (Å²) >= 11 is 0. The minimum absolute atomic E-state index is 0.550. The van der Waals surface area contributed by atoms with Crippen LogP contribution in [-0.4, -0.2) is 54.8 Å². The molecule has 1 aromatic heterocycles.